The van der Waals surface area contributed by atoms with Crippen molar-refractivity contribution in [3.63, 3.8) is 0 Å². The van der Waals surface area contributed by atoms with E-state index in [1.807, 2.05) is 24.3 Å². The SMILES string of the molecule is COC(=O)c1ccc(CNC(=O)CN2C(=O)NC3(CCCc4ccccc43)C2=O)cc1. The van der Waals surface area contributed by atoms with Gasteiger partial charge in [-0.1, -0.05) is 36.4 Å². The minimum Gasteiger partial charge on any atom is -0.465 e. The monoisotopic (exact) mass is 421 g/mol. The number of urea groups is 1. The number of amides is 4. The van der Waals surface area contributed by atoms with Crippen LogP contribution in [0.25, 0.3) is 0 Å². The van der Waals surface area contributed by atoms with Crippen LogP contribution in [0.2, 0.25) is 0 Å². The van der Waals surface area contributed by atoms with E-state index in [1.54, 1.807) is 24.3 Å². The second-order valence-electron chi connectivity index (χ2n) is 7.70. The Morgan fingerprint density at radius 1 is 1.13 bits per heavy atom. The molecule has 1 unspecified atom stereocenters. The number of imide groups is 1. The summed E-state index contributed by atoms with van der Waals surface area (Å²) >= 11 is 0. The zero-order chi connectivity index (χ0) is 22.0. The molecule has 1 spiro atoms. The summed E-state index contributed by atoms with van der Waals surface area (Å²) in [6.45, 7) is -0.146. The minimum absolute atomic E-state index is 0.206. The maximum absolute atomic E-state index is 13.2. The van der Waals surface area contributed by atoms with Gasteiger partial charge in [0.25, 0.3) is 5.91 Å². The molecule has 4 rings (SSSR count). The van der Waals surface area contributed by atoms with Gasteiger partial charge in [0.15, 0.2) is 0 Å². The second kappa shape index (κ2) is 8.22. The highest BCUT2D eigenvalue weighted by atomic mass is 16.5. The van der Waals surface area contributed by atoms with E-state index in [0.717, 1.165) is 34.4 Å². The van der Waals surface area contributed by atoms with Gasteiger partial charge in [-0.25, -0.2) is 9.59 Å². The maximum atomic E-state index is 13.2. The molecular weight excluding hydrogens is 398 g/mol. The molecule has 8 nitrogen and oxygen atoms in total. The van der Waals surface area contributed by atoms with Crippen LogP contribution >= 0.6 is 0 Å². The molecule has 8 heteroatoms. The number of rotatable bonds is 5. The first kappa shape index (κ1) is 20.6. The molecular formula is C23H23N3O5. The van der Waals surface area contributed by atoms with Crippen molar-refractivity contribution in [2.75, 3.05) is 13.7 Å². The Labute approximate surface area is 179 Å². The lowest BCUT2D eigenvalue weighted by molar-refractivity contribution is -0.135. The second-order valence-corrected chi connectivity index (χ2v) is 7.70. The van der Waals surface area contributed by atoms with Gasteiger partial charge in [-0.3, -0.25) is 14.5 Å². The lowest BCUT2D eigenvalue weighted by atomic mass is 9.76. The largest absolute Gasteiger partial charge is 0.465 e. The standard InChI is InChI=1S/C23H23N3O5/c1-31-20(28)17-10-8-15(9-11-17)13-24-19(27)14-26-21(29)23(25-22(26)30)12-4-6-16-5-2-3-7-18(16)23/h2-3,5,7-11H,4,6,12-14H2,1H3,(H,24,27)(H,25,30). The van der Waals surface area contributed by atoms with Crippen molar-refractivity contribution in [3.8, 4) is 0 Å². The highest BCUT2D eigenvalue weighted by molar-refractivity contribution is 6.09. The molecule has 0 bridgehead atoms. The first-order valence-electron chi connectivity index (χ1n) is 10.1. The van der Waals surface area contributed by atoms with Crippen LogP contribution in [-0.2, 0) is 32.8 Å². The van der Waals surface area contributed by atoms with Crippen LogP contribution in [0.5, 0.6) is 0 Å². The number of nitrogens with one attached hydrogen (secondary N) is 2. The summed E-state index contributed by atoms with van der Waals surface area (Å²) in [5.41, 5.74) is 1.96. The highest BCUT2D eigenvalue weighted by Crippen LogP contribution is 2.39. The predicted octanol–water partition coefficient (Wildman–Crippen LogP) is 1.87. The predicted molar refractivity (Wildman–Crippen MR) is 111 cm³/mol. The van der Waals surface area contributed by atoms with Crippen LogP contribution in [-0.4, -0.2) is 42.4 Å². The van der Waals surface area contributed by atoms with E-state index in [1.165, 1.54) is 7.11 Å². The van der Waals surface area contributed by atoms with E-state index >= 15 is 0 Å². The van der Waals surface area contributed by atoms with Crippen LogP contribution in [0.15, 0.2) is 48.5 Å². The van der Waals surface area contributed by atoms with Crippen molar-refractivity contribution in [2.24, 2.45) is 0 Å². The molecule has 1 aliphatic heterocycles. The van der Waals surface area contributed by atoms with E-state index in [-0.39, 0.29) is 19.0 Å². The van der Waals surface area contributed by atoms with Crippen molar-refractivity contribution < 1.29 is 23.9 Å². The number of hydrogen-bond acceptors (Lipinski definition) is 5. The average Bonchev–Trinajstić information content (AvgIpc) is 3.02. The average molecular weight is 421 g/mol. The first-order chi connectivity index (χ1) is 14.9. The molecule has 1 fully saturated rings. The Morgan fingerprint density at radius 3 is 2.61 bits per heavy atom. The van der Waals surface area contributed by atoms with Gasteiger partial charge < -0.3 is 15.4 Å². The van der Waals surface area contributed by atoms with Crippen LogP contribution in [0.1, 0.15) is 39.9 Å². The zero-order valence-electron chi connectivity index (χ0n) is 17.1. The van der Waals surface area contributed by atoms with Gasteiger partial charge in [0.1, 0.15) is 12.1 Å². The molecule has 31 heavy (non-hydrogen) atoms. The van der Waals surface area contributed by atoms with Crippen LogP contribution in [0.4, 0.5) is 4.79 Å². The molecule has 4 amide bonds. The number of aryl methyl sites for hydroxylation is 1. The first-order valence-corrected chi connectivity index (χ1v) is 10.1. The number of hydrogen-bond donors (Lipinski definition) is 2. The summed E-state index contributed by atoms with van der Waals surface area (Å²) in [5, 5.41) is 5.55. The lowest BCUT2D eigenvalue weighted by Crippen LogP contribution is -2.47. The summed E-state index contributed by atoms with van der Waals surface area (Å²) in [4.78, 5) is 50.7. The Hall–Kier alpha value is -3.68. The molecule has 1 atom stereocenters. The topological polar surface area (TPSA) is 105 Å². The fourth-order valence-electron chi connectivity index (χ4n) is 4.23. The lowest BCUT2D eigenvalue weighted by Gasteiger charge is -2.33. The summed E-state index contributed by atoms with van der Waals surface area (Å²) < 4.78 is 4.65. The number of benzene rings is 2. The molecule has 1 heterocycles. The van der Waals surface area contributed by atoms with Crippen LogP contribution < -0.4 is 10.6 Å². The Kier molecular flexibility index (Phi) is 5.46. The van der Waals surface area contributed by atoms with Gasteiger partial charge >= 0.3 is 12.0 Å². The van der Waals surface area contributed by atoms with E-state index in [4.69, 9.17) is 0 Å². The third-order valence-electron chi connectivity index (χ3n) is 5.82. The molecule has 2 aliphatic rings. The van der Waals surface area contributed by atoms with E-state index in [9.17, 15) is 19.2 Å². The number of carbonyl (C=O) groups excluding carboxylic acids is 4. The third kappa shape index (κ3) is 3.76. The van der Waals surface area contributed by atoms with Crippen LogP contribution in [0, 0.1) is 0 Å². The minimum atomic E-state index is -1.09. The molecule has 0 saturated carbocycles. The van der Waals surface area contributed by atoms with Crippen molar-refractivity contribution >= 4 is 23.8 Å². The van der Waals surface area contributed by atoms with Crippen LogP contribution in [0.3, 0.4) is 0 Å². The summed E-state index contributed by atoms with van der Waals surface area (Å²) in [6, 6.07) is 13.7. The third-order valence-corrected chi connectivity index (χ3v) is 5.82. The summed E-state index contributed by atoms with van der Waals surface area (Å²) in [6.07, 6.45) is 2.15. The fourth-order valence-corrected chi connectivity index (χ4v) is 4.23. The molecule has 0 aromatic heterocycles. The Bertz CT molecular complexity index is 1050. The number of carbonyl (C=O) groups is 4. The van der Waals surface area contributed by atoms with Gasteiger partial charge in [-0.2, -0.15) is 0 Å². The van der Waals surface area contributed by atoms with Gasteiger partial charge in [-0.05, 0) is 48.1 Å². The molecule has 0 radical (unpaired) electrons. The summed E-state index contributed by atoms with van der Waals surface area (Å²) in [7, 11) is 1.31. The van der Waals surface area contributed by atoms with Gasteiger partial charge in [0.2, 0.25) is 5.91 Å². The van der Waals surface area contributed by atoms with Gasteiger partial charge in [0.05, 0.1) is 12.7 Å². The van der Waals surface area contributed by atoms with E-state index < -0.39 is 23.4 Å². The molecule has 2 aromatic carbocycles. The number of ether oxygens (including phenoxy) is 1. The fraction of sp³-hybridized carbons (Fsp3) is 0.304. The highest BCUT2D eigenvalue weighted by Gasteiger charge is 2.54. The Morgan fingerprint density at radius 2 is 1.87 bits per heavy atom. The zero-order valence-corrected chi connectivity index (χ0v) is 17.1. The normalized spacial score (nSPS) is 19.7. The van der Waals surface area contributed by atoms with Crippen molar-refractivity contribution in [1.29, 1.82) is 0 Å². The van der Waals surface area contributed by atoms with Crippen molar-refractivity contribution in [1.82, 2.24) is 15.5 Å². The van der Waals surface area contributed by atoms with Gasteiger partial charge in [0, 0.05) is 6.54 Å². The quantitative estimate of drug-likeness (QED) is 0.567. The van der Waals surface area contributed by atoms with E-state index in [0.29, 0.717) is 12.0 Å². The molecule has 1 aliphatic carbocycles. The maximum Gasteiger partial charge on any atom is 0.337 e. The molecule has 160 valence electrons. The summed E-state index contributed by atoms with van der Waals surface area (Å²) in [5.74, 6) is -1.27. The van der Waals surface area contributed by atoms with Crippen molar-refractivity contribution in [3.05, 3.63) is 70.8 Å². The van der Waals surface area contributed by atoms with E-state index in [2.05, 4.69) is 15.4 Å². The number of fused-ring (bicyclic) bond motifs is 2. The number of methoxy groups -OCH3 is 1. The number of esters is 1. The molecule has 2 aromatic rings. The molecule has 1 saturated heterocycles. The molecule has 2 N–H and O–H groups in total. The van der Waals surface area contributed by atoms with Crippen molar-refractivity contribution in [2.45, 2.75) is 31.3 Å². The number of nitrogens with zero attached hydrogens (tertiary/aromatic N) is 1. The van der Waals surface area contributed by atoms with Gasteiger partial charge in [-0.15, -0.1) is 0 Å². The smallest absolute Gasteiger partial charge is 0.337 e. The Balaban J connectivity index is 1.41.